The van der Waals surface area contributed by atoms with E-state index in [4.69, 9.17) is 5.11 Å². The van der Waals surface area contributed by atoms with Crippen LogP contribution in [0.4, 0.5) is 5.69 Å². The van der Waals surface area contributed by atoms with Gasteiger partial charge in [-0.15, -0.1) is 22.7 Å². The average molecular weight is 317 g/mol. The smallest absolute Gasteiger partial charge is 0.345 e. The third-order valence-electron chi connectivity index (χ3n) is 2.93. The van der Waals surface area contributed by atoms with E-state index in [9.17, 15) is 9.59 Å². The molecular formula is C15H11NO3S2. The van der Waals surface area contributed by atoms with Crippen LogP contribution in [-0.4, -0.2) is 17.0 Å². The maximum absolute atomic E-state index is 11.9. The molecule has 0 atom stereocenters. The summed E-state index contributed by atoms with van der Waals surface area (Å²) < 4.78 is 0.892. The second-order valence-electron chi connectivity index (χ2n) is 4.47. The van der Waals surface area contributed by atoms with Crippen molar-refractivity contribution >= 4 is 50.3 Å². The Balaban J connectivity index is 1.77. The predicted octanol–water partition coefficient (Wildman–Crippen LogP) is 3.84. The highest BCUT2D eigenvalue weighted by Crippen LogP contribution is 2.28. The Labute approximate surface area is 128 Å². The van der Waals surface area contributed by atoms with Crippen LogP contribution in [0.2, 0.25) is 0 Å². The lowest BCUT2D eigenvalue weighted by atomic mass is 10.2. The van der Waals surface area contributed by atoms with E-state index in [0.717, 1.165) is 15.0 Å². The number of aromatic carboxylic acids is 1. The molecular weight excluding hydrogens is 306 g/mol. The first-order chi connectivity index (χ1) is 10.1. The van der Waals surface area contributed by atoms with Gasteiger partial charge in [0.2, 0.25) is 5.91 Å². The summed E-state index contributed by atoms with van der Waals surface area (Å²) in [7, 11) is 0. The van der Waals surface area contributed by atoms with Crippen molar-refractivity contribution in [2.75, 3.05) is 5.32 Å². The summed E-state index contributed by atoms with van der Waals surface area (Å²) in [6.07, 6.45) is 0.347. The van der Waals surface area contributed by atoms with Crippen molar-refractivity contribution in [2.45, 2.75) is 6.42 Å². The number of amides is 1. The number of thiophene rings is 2. The van der Waals surface area contributed by atoms with Crippen LogP contribution in [0, 0.1) is 0 Å². The van der Waals surface area contributed by atoms with Gasteiger partial charge in [0, 0.05) is 15.3 Å². The van der Waals surface area contributed by atoms with Gasteiger partial charge in [-0.05, 0) is 41.1 Å². The molecule has 0 fully saturated rings. The van der Waals surface area contributed by atoms with E-state index in [0.29, 0.717) is 17.0 Å². The van der Waals surface area contributed by atoms with Crippen molar-refractivity contribution in [2.24, 2.45) is 0 Å². The van der Waals surface area contributed by atoms with E-state index in [1.807, 2.05) is 23.6 Å². The topological polar surface area (TPSA) is 66.4 Å². The number of anilines is 1. The number of rotatable bonds is 4. The van der Waals surface area contributed by atoms with Crippen molar-refractivity contribution in [1.82, 2.24) is 0 Å². The SMILES string of the molecule is O=C(Cc1cccs1)Nc1ccc2sc(C(=O)O)cc2c1. The van der Waals surface area contributed by atoms with Crippen LogP contribution in [0.15, 0.2) is 41.8 Å². The molecule has 1 amide bonds. The van der Waals surface area contributed by atoms with E-state index in [-0.39, 0.29) is 5.91 Å². The maximum atomic E-state index is 11.9. The summed E-state index contributed by atoms with van der Waals surface area (Å²) in [6.45, 7) is 0. The number of carbonyl (C=O) groups excluding carboxylic acids is 1. The quantitative estimate of drug-likeness (QED) is 0.768. The number of hydrogen-bond donors (Lipinski definition) is 2. The molecule has 0 spiro atoms. The molecule has 3 aromatic rings. The zero-order valence-corrected chi connectivity index (χ0v) is 12.5. The lowest BCUT2D eigenvalue weighted by Crippen LogP contribution is -2.13. The molecule has 0 saturated carbocycles. The Morgan fingerprint density at radius 2 is 2.05 bits per heavy atom. The summed E-state index contributed by atoms with van der Waals surface area (Å²) in [5.74, 6) is -1.01. The zero-order valence-electron chi connectivity index (χ0n) is 10.8. The number of benzene rings is 1. The monoisotopic (exact) mass is 317 g/mol. The number of carboxylic acid groups (broad SMARTS) is 1. The van der Waals surface area contributed by atoms with Gasteiger partial charge >= 0.3 is 5.97 Å². The molecule has 0 radical (unpaired) electrons. The molecule has 0 aliphatic rings. The Hall–Kier alpha value is -2.18. The van der Waals surface area contributed by atoms with Crippen LogP contribution in [0.25, 0.3) is 10.1 Å². The third-order valence-corrected chi connectivity index (χ3v) is 4.91. The van der Waals surface area contributed by atoms with Crippen molar-refractivity contribution in [3.05, 3.63) is 51.5 Å². The fraction of sp³-hybridized carbons (Fsp3) is 0.0667. The number of hydrogen-bond acceptors (Lipinski definition) is 4. The standard InChI is InChI=1S/C15H11NO3S2/c17-14(8-11-2-1-5-20-11)16-10-3-4-12-9(6-10)7-13(21-12)15(18)19/h1-7H,8H2,(H,16,17)(H,18,19). The first-order valence-electron chi connectivity index (χ1n) is 6.21. The van der Waals surface area contributed by atoms with Crippen LogP contribution in [0.1, 0.15) is 14.5 Å². The molecule has 0 saturated heterocycles. The minimum Gasteiger partial charge on any atom is -0.477 e. The zero-order chi connectivity index (χ0) is 14.8. The Kier molecular flexibility index (Phi) is 3.72. The summed E-state index contributed by atoms with van der Waals surface area (Å²) in [6, 6.07) is 10.9. The first kappa shape index (κ1) is 13.8. The Bertz CT molecular complexity index is 806. The van der Waals surface area contributed by atoms with E-state index in [1.54, 1.807) is 29.5 Å². The molecule has 106 valence electrons. The second-order valence-corrected chi connectivity index (χ2v) is 6.59. The molecule has 0 aliphatic carbocycles. The summed E-state index contributed by atoms with van der Waals surface area (Å²) >= 11 is 2.77. The van der Waals surface area contributed by atoms with Gasteiger partial charge in [0.1, 0.15) is 4.88 Å². The van der Waals surface area contributed by atoms with Gasteiger partial charge in [-0.2, -0.15) is 0 Å². The Morgan fingerprint density at radius 1 is 1.19 bits per heavy atom. The number of carbonyl (C=O) groups is 2. The van der Waals surface area contributed by atoms with Gasteiger partial charge in [0.15, 0.2) is 0 Å². The molecule has 0 aliphatic heterocycles. The van der Waals surface area contributed by atoms with Crippen LogP contribution < -0.4 is 5.32 Å². The molecule has 21 heavy (non-hydrogen) atoms. The average Bonchev–Trinajstić information content (AvgIpc) is 3.06. The molecule has 6 heteroatoms. The van der Waals surface area contributed by atoms with E-state index in [1.165, 1.54) is 11.3 Å². The van der Waals surface area contributed by atoms with Gasteiger partial charge in [0.05, 0.1) is 6.42 Å². The first-order valence-corrected chi connectivity index (χ1v) is 7.90. The number of carboxylic acids is 1. The van der Waals surface area contributed by atoms with Gasteiger partial charge in [0.25, 0.3) is 0 Å². The van der Waals surface area contributed by atoms with E-state index < -0.39 is 5.97 Å². The fourth-order valence-electron chi connectivity index (χ4n) is 2.00. The number of fused-ring (bicyclic) bond motifs is 1. The lowest BCUT2D eigenvalue weighted by Gasteiger charge is -2.04. The van der Waals surface area contributed by atoms with Gasteiger partial charge < -0.3 is 10.4 Å². The van der Waals surface area contributed by atoms with Crippen LogP contribution in [-0.2, 0) is 11.2 Å². The summed E-state index contributed by atoms with van der Waals surface area (Å²) in [5.41, 5.74) is 0.679. The molecule has 2 N–H and O–H groups in total. The summed E-state index contributed by atoms with van der Waals surface area (Å²) in [5, 5.41) is 14.6. The van der Waals surface area contributed by atoms with E-state index >= 15 is 0 Å². The lowest BCUT2D eigenvalue weighted by molar-refractivity contribution is -0.115. The molecule has 0 bridgehead atoms. The Morgan fingerprint density at radius 3 is 2.76 bits per heavy atom. The van der Waals surface area contributed by atoms with E-state index in [2.05, 4.69) is 5.32 Å². The highest BCUT2D eigenvalue weighted by molar-refractivity contribution is 7.20. The third kappa shape index (κ3) is 3.12. The maximum Gasteiger partial charge on any atom is 0.345 e. The largest absolute Gasteiger partial charge is 0.477 e. The van der Waals surface area contributed by atoms with Crippen molar-refractivity contribution in [1.29, 1.82) is 0 Å². The van der Waals surface area contributed by atoms with Gasteiger partial charge in [-0.1, -0.05) is 6.07 Å². The fourth-order valence-corrected chi connectivity index (χ4v) is 3.59. The molecule has 2 aromatic heterocycles. The van der Waals surface area contributed by atoms with Gasteiger partial charge in [-0.3, -0.25) is 4.79 Å². The van der Waals surface area contributed by atoms with Crippen molar-refractivity contribution < 1.29 is 14.7 Å². The summed E-state index contributed by atoms with van der Waals surface area (Å²) in [4.78, 5) is 24.2. The van der Waals surface area contributed by atoms with Gasteiger partial charge in [-0.25, -0.2) is 4.79 Å². The van der Waals surface area contributed by atoms with Crippen molar-refractivity contribution in [3.63, 3.8) is 0 Å². The van der Waals surface area contributed by atoms with Crippen LogP contribution in [0.3, 0.4) is 0 Å². The second kappa shape index (κ2) is 5.67. The molecule has 4 nitrogen and oxygen atoms in total. The molecule has 0 unspecified atom stereocenters. The molecule has 2 heterocycles. The molecule has 1 aromatic carbocycles. The highest BCUT2D eigenvalue weighted by atomic mass is 32.1. The van der Waals surface area contributed by atoms with Crippen LogP contribution >= 0.6 is 22.7 Å². The molecule has 3 rings (SSSR count). The minimum atomic E-state index is -0.931. The normalized spacial score (nSPS) is 10.7. The minimum absolute atomic E-state index is 0.0783. The van der Waals surface area contributed by atoms with Crippen molar-refractivity contribution in [3.8, 4) is 0 Å². The predicted molar refractivity (Wildman–Crippen MR) is 85.4 cm³/mol. The van der Waals surface area contributed by atoms with Crippen LogP contribution in [0.5, 0.6) is 0 Å². The highest BCUT2D eigenvalue weighted by Gasteiger charge is 2.10. The number of nitrogens with one attached hydrogen (secondary N) is 1.